The van der Waals surface area contributed by atoms with Crippen LogP contribution >= 0.6 is 11.3 Å². The van der Waals surface area contributed by atoms with Crippen LogP contribution in [-0.2, 0) is 17.7 Å². The lowest BCUT2D eigenvalue weighted by atomic mass is 10.2. The van der Waals surface area contributed by atoms with Gasteiger partial charge in [0.05, 0.1) is 29.2 Å². The van der Waals surface area contributed by atoms with Crippen LogP contribution in [0.3, 0.4) is 0 Å². The lowest BCUT2D eigenvalue weighted by molar-refractivity contribution is 0.116. The number of benzene rings is 1. The summed E-state index contributed by atoms with van der Waals surface area (Å²) in [6.45, 7) is 0.934. The largest absolute Gasteiger partial charge is 0.449 e. The second kappa shape index (κ2) is 5.88. The molecule has 5 heteroatoms. The molecule has 1 aliphatic heterocycles. The number of thiazole rings is 1. The van der Waals surface area contributed by atoms with Crippen LogP contribution in [0.25, 0.3) is 6.08 Å². The zero-order chi connectivity index (χ0) is 13.8. The van der Waals surface area contributed by atoms with Crippen molar-refractivity contribution in [3.8, 4) is 0 Å². The number of aromatic nitrogens is 1. The van der Waals surface area contributed by atoms with E-state index < -0.39 is 0 Å². The summed E-state index contributed by atoms with van der Waals surface area (Å²) in [5.41, 5.74) is 3.90. The molecule has 0 fully saturated rings. The number of carbonyl (C=O) groups is 1. The smallest absolute Gasteiger partial charge is 0.414 e. The topological polar surface area (TPSA) is 42.4 Å². The van der Waals surface area contributed by atoms with Crippen molar-refractivity contribution in [2.75, 3.05) is 6.61 Å². The molecule has 3 rings (SSSR count). The number of ether oxygens (including phenoxy) is 1. The fourth-order valence-electron chi connectivity index (χ4n) is 2.01. The molecular formula is C15H14N2O2S. The SMILES string of the molecule is O=C(OCCc1ccccc1)N1C=Cc2ncsc2C1. The fraction of sp³-hybridized carbons (Fsp3) is 0.200. The number of amides is 1. The average molecular weight is 286 g/mol. The normalized spacial score (nSPS) is 13.1. The van der Waals surface area contributed by atoms with E-state index in [1.165, 1.54) is 5.56 Å². The molecule has 0 unspecified atom stereocenters. The first-order valence-electron chi connectivity index (χ1n) is 6.41. The van der Waals surface area contributed by atoms with Crippen molar-refractivity contribution in [1.29, 1.82) is 0 Å². The highest BCUT2D eigenvalue weighted by atomic mass is 32.1. The van der Waals surface area contributed by atoms with E-state index in [1.54, 1.807) is 27.9 Å². The lowest BCUT2D eigenvalue weighted by Crippen LogP contribution is -2.28. The molecule has 4 nitrogen and oxygen atoms in total. The monoisotopic (exact) mass is 286 g/mol. The van der Waals surface area contributed by atoms with E-state index >= 15 is 0 Å². The van der Waals surface area contributed by atoms with E-state index in [-0.39, 0.29) is 6.09 Å². The molecule has 0 spiro atoms. The second-order valence-corrected chi connectivity index (χ2v) is 5.39. The third kappa shape index (κ3) is 2.88. The van der Waals surface area contributed by atoms with E-state index in [2.05, 4.69) is 4.98 Å². The highest BCUT2D eigenvalue weighted by molar-refractivity contribution is 7.09. The summed E-state index contributed by atoms with van der Waals surface area (Å²) in [4.78, 5) is 18.8. The van der Waals surface area contributed by atoms with Gasteiger partial charge in [0.15, 0.2) is 0 Å². The van der Waals surface area contributed by atoms with Crippen LogP contribution in [0.5, 0.6) is 0 Å². The van der Waals surface area contributed by atoms with Crippen LogP contribution in [0.2, 0.25) is 0 Å². The minimum Gasteiger partial charge on any atom is -0.449 e. The van der Waals surface area contributed by atoms with Crippen molar-refractivity contribution in [1.82, 2.24) is 9.88 Å². The molecule has 1 aliphatic rings. The number of nitrogens with zero attached hydrogens (tertiary/aromatic N) is 2. The van der Waals surface area contributed by atoms with Gasteiger partial charge >= 0.3 is 6.09 Å². The van der Waals surface area contributed by atoms with Crippen LogP contribution in [-0.4, -0.2) is 22.6 Å². The Bertz CT molecular complexity index is 622. The molecule has 20 heavy (non-hydrogen) atoms. The van der Waals surface area contributed by atoms with Crippen molar-refractivity contribution < 1.29 is 9.53 Å². The number of hydrogen-bond donors (Lipinski definition) is 0. The van der Waals surface area contributed by atoms with Crippen molar-refractivity contribution >= 4 is 23.5 Å². The number of hydrogen-bond acceptors (Lipinski definition) is 4. The summed E-state index contributed by atoms with van der Waals surface area (Å²) in [6.07, 6.45) is 3.99. The highest BCUT2D eigenvalue weighted by Crippen LogP contribution is 2.22. The molecule has 0 aliphatic carbocycles. The van der Waals surface area contributed by atoms with Crippen LogP contribution in [0.4, 0.5) is 4.79 Å². The van der Waals surface area contributed by atoms with Crippen LogP contribution in [0.1, 0.15) is 16.1 Å². The Labute approximate surface area is 121 Å². The first-order valence-corrected chi connectivity index (χ1v) is 7.29. The van der Waals surface area contributed by atoms with Gasteiger partial charge in [-0.05, 0) is 11.6 Å². The van der Waals surface area contributed by atoms with Gasteiger partial charge in [0.25, 0.3) is 0 Å². The summed E-state index contributed by atoms with van der Waals surface area (Å²) in [5, 5.41) is 0. The maximum Gasteiger partial charge on any atom is 0.414 e. The predicted octanol–water partition coefficient (Wildman–Crippen LogP) is 3.31. The van der Waals surface area contributed by atoms with Gasteiger partial charge in [-0.1, -0.05) is 30.3 Å². The molecule has 102 valence electrons. The van der Waals surface area contributed by atoms with Gasteiger partial charge in [0, 0.05) is 12.6 Å². The fourth-order valence-corrected chi connectivity index (χ4v) is 2.76. The molecule has 1 aromatic carbocycles. The number of carbonyl (C=O) groups excluding carboxylic acids is 1. The Balaban J connectivity index is 1.51. The quantitative estimate of drug-likeness (QED) is 0.869. The van der Waals surface area contributed by atoms with Gasteiger partial charge in [0.1, 0.15) is 0 Å². The summed E-state index contributed by atoms with van der Waals surface area (Å²) in [5.74, 6) is 0. The van der Waals surface area contributed by atoms with Gasteiger partial charge in [-0.15, -0.1) is 11.3 Å². The Hall–Kier alpha value is -2.14. The first kappa shape index (κ1) is 12.9. The minimum absolute atomic E-state index is 0.309. The molecule has 0 N–H and O–H groups in total. The zero-order valence-electron chi connectivity index (χ0n) is 10.9. The zero-order valence-corrected chi connectivity index (χ0v) is 11.7. The summed E-state index contributed by atoms with van der Waals surface area (Å²) >= 11 is 1.56. The lowest BCUT2D eigenvalue weighted by Gasteiger charge is -2.20. The Kier molecular flexibility index (Phi) is 3.78. The van der Waals surface area contributed by atoms with Crippen LogP contribution in [0.15, 0.2) is 42.0 Å². The third-order valence-corrected chi connectivity index (χ3v) is 3.93. The highest BCUT2D eigenvalue weighted by Gasteiger charge is 2.19. The molecule has 2 heterocycles. The van der Waals surface area contributed by atoms with Gasteiger partial charge in [-0.25, -0.2) is 9.78 Å². The van der Waals surface area contributed by atoms with Crippen molar-refractivity contribution in [2.24, 2.45) is 0 Å². The minimum atomic E-state index is -0.309. The molecule has 0 bridgehead atoms. The maximum absolute atomic E-state index is 12.0. The molecule has 0 saturated heterocycles. The predicted molar refractivity (Wildman–Crippen MR) is 78.2 cm³/mol. The van der Waals surface area contributed by atoms with E-state index in [4.69, 9.17) is 4.74 Å². The standard InChI is InChI=1S/C15H14N2O2S/c18-15(19-9-7-12-4-2-1-3-5-12)17-8-6-13-14(10-17)20-11-16-13/h1-6,8,11H,7,9-10H2. The van der Waals surface area contributed by atoms with E-state index in [0.717, 1.165) is 17.0 Å². The first-order chi connectivity index (χ1) is 9.83. The Morgan fingerprint density at radius 3 is 3.05 bits per heavy atom. The third-order valence-electron chi connectivity index (χ3n) is 3.09. The molecule has 0 radical (unpaired) electrons. The number of rotatable bonds is 3. The molecule has 0 saturated carbocycles. The summed E-state index contributed by atoms with van der Waals surface area (Å²) in [6, 6.07) is 9.99. The van der Waals surface area contributed by atoms with Crippen LogP contribution < -0.4 is 0 Å². The van der Waals surface area contributed by atoms with Crippen molar-refractivity contribution in [3.63, 3.8) is 0 Å². The molecule has 2 aromatic rings. The van der Waals surface area contributed by atoms with Gasteiger partial charge in [0.2, 0.25) is 0 Å². The molecule has 1 aromatic heterocycles. The summed E-state index contributed by atoms with van der Waals surface area (Å²) in [7, 11) is 0. The average Bonchev–Trinajstić information content (AvgIpc) is 2.95. The number of fused-ring (bicyclic) bond motifs is 1. The van der Waals surface area contributed by atoms with E-state index in [1.807, 2.05) is 36.4 Å². The van der Waals surface area contributed by atoms with Gasteiger partial charge < -0.3 is 4.74 Å². The molecule has 1 amide bonds. The second-order valence-electron chi connectivity index (χ2n) is 4.45. The molecule has 0 atom stereocenters. The van der Waals surface area contributed by atoms with Crippen molar-refractivity contribution in [2.45, 2.75) is 13.0 Å². The van der Waals surface area contributed by atoms with E-state index in [0.29, 0.717) is 13.2 Å². The van der Waals surface area contributed by atoms with Gasteiger partial charge in [-0.2, -0.15) is 0 Å². The maximum atomic E-state index is 12.0. The van der Waals surface area contributed by atoms with E-state index in [9.17, 15) is 4.79 Å². The Morgan fingerprint density at radius 1 is 1.35 bits per heavy atom. The summed E-state index contributed by atoms with van der Waals surface area (Å²) < 4.78 is 5.30. The van der Waals surface area contributed by atoms with Crippen LogP contribution in [0, 0.1) is 0 Å². The Morgan fingerprint density at radius 2 is 2.20 bits per heavy atom. The molecular weight excluding hydrogens is 272 g/mol. The van der Waals surface area contributed by atoms with Gasteiger partial charge in [-0.3, -0.25) is 4.90 Å². The van der Waals surface area contributed by atoms with Crippen molar-refractivity contribution in [3.05, 3.63) is 58.2 Å².